The second-order valence-electron chi connectivity index (χ2n) is 7.85. The van der Waals surface area contributed by atoms with Crippen molar-refractivity contribution in [1.29, 1.82) is 0 Å². The highest BCUT2D eigenvalue weighted by Crippen LogP contribution is 2.78. The van der Waals surface area contributed by atoms with Crippen molar-refractivity contribution in [1.82, 2.24) is 4.90 Å². The van der Waals surface area contributed by atoms with Crippen molar-refractivity contribution in [2.75, 3.05) is 13.1 Å². The SMILES string of the molecule is CC(C)(C)OC(=O)N1CCC2(CC1)C(c1ccc(F)cc1F)C2(Cl)Cl. The molecule has 0 aromatic heterocycles. The maximum absolute atomic E-state index is 14.2. The highest BCUT2D eigenvalue weighted by molar-refractivity contribution is 6.52. The van der Waals surface area contributed by atoms with Crippen LogP contribution in [0.1, 0.15) is 45.1 Å². The largest absolute Gasteiger partial charge is 0.444 e. The van der Waals surface area contributed by atoms with Gasteiger partial charge in [0.15, 0.2) is 0 Å². The summed E-state index contributed by atoms with van der Waals surface area (Å²) in [7, 11) is 0. The summed E-state index contributed by atoms with van der Waals surface area (Å²) in [5.74, 6) is -1.68. The first-order valence-electron chi connectivity index (χ1n) is 8.29. The van der Waals surface area contributed by atoms with Crippen LogP contribution < -0.4 is 0 Å². The molecule has 3 nitrogen and oxygen atoms in total. The summed E-state index contributed by atoms with van der Waals surface area (Å²) in [5.41, 5.74) is -0.737. The van der Waals surface area contributed by atoms with Crippen molar-refractivity contribution in [2.24, 2.45) is 5.41 Å². The third-order valence-electron chi connectivity index (χ3n) is 5.08. The summed E-state index contributed by atoms with van der Waals surface area (Å²) in [6, 6.07) is 3.47. The van der Waals surface area contributed by atoms with Gasteiger partial charge in [0.05, 0.1) is 0 Å². The number of piperidine rings is 1. The lowest BCUT2D eigenvalue weighted by Crippen LogP contribution is -2.43. The van der Waals surface area contributed by atoms with Gasteiger partial charge in [0.2, 0.25) is 0 Å². The molecule has 0 bridgehead atoms. The Hall–Kier alpha value is -1.07. The Kier molecular flexibility index (Phi) is 4.48. The van der Waals surface area contributed by atoms with Crippen molar-refractivity contribution in [3.05, 3.63) is 35.4 Å². The molecular weight excluding hydrogens is 371 g/mol. The molecule has 1 spiro atoms. The van der Waals surface area contributed by atoms with Crippen LogP contribution in [0.5, 0.6) is 0 Å². The van der Waals surface area contributed by atoms with E-state index in [9.17, 15) is 13.6 Å². The Balaban J connectivity index is 1.73. The molecule has 2 aliphatic rings. The molecule has 1 aliphatic heterocycles. The molecule has 0 radical (unpaired) electrons. The summed E-state index contributed by atoms with van der Waals surface area (Å²) in [6.45, 7) is 6.32. The first kappa shape index (κ1) is 18.7. The number of ether oxygens (including phenoxy) is 1. The van der Waals surface area contributed by atoms with E-state index in [1.807, 2.05) is 20.8 Å². The molecule has 1 atom stereocenters. The Morgan fingerprint density at radius 3 is 2.36 bits per heavy atom. The van der Waals surface area contributed by atoms with Crippen LogP contribution in [-0.2, 0) is 4.74 Å². The van der Waals surface area contributed by atoms with Gasteiger partial charge in [-0.05, 0) is 45.2 Å². The Labute approximate surface area is 156 Å². The van der Waals surface area contributed by atoms with Crippen molar-refractivity contribution in [2.45, 2.75) is 49.5 Å². The van der Waals surface area contributed by atoms with Gasteiger partial charge in [0.1, 0.15) is 21.6 Å². The van der Waals surface area contributed by atoms with Crippen LogP contribution in [0.2, 0.25) is 0 Å². The highest BCUT2D eigenvalue weighted by atomic mass is 35.5. The summed E-state index contributed by atoms with van der Waals surface area (Å²) < 4.78 is 31.6. The monoisotopic (exact) mass is 391 g/mol. The fourth-order valence-electron chi connectivity index (χ4n) is 3.77. The molecule has 1 aromatic carbocycles. The van der Waals surface area contributed by atoms with Crippen LogP contribution >= 0.6 is 23.2 Å². The quantitative estimate of drug-likeness (QED) is 0.611. The molecule has 0 N–H and O–H groups in total. The Morgan fingerprint density at radius 1 is 1.24 bits per heavy atom. The molecular formula is C18H21Cl2F2NO2. The predicted octanol–water partition coefficient (Wildman–Crippen LogP) is 5.25. The van der Waals surface area contributed by atoms with E-state index < -0.39 is 32.9 Å². The standard InChI is InChI=1S/C18H21Cl2F2NO2/c1-16(2,3)25-15(24)23-8-6-17(7-9-23)14(18(17,19)20)12-5-4-11(21)10-13(12)22/h4-5,10,14H,6-9H2,1-3H3. The molecule has 25 heavy (non-hydrogen) atoms. The summed E-state index contributed by atoms with van der Waals surface area (Å²) in [5, 5.41) is 0. The van der Waals surface area contributed by atoms with Crippen LogP contribution in [-0.4, -0.2) is 34.0 Å². The average Bonchev–Trinajstić information content (AvgIpc) is 2.93. The fourth-order valence-corrected chi connectivity index (χ4v) is 4.91. The van der Waals surface area contributed by atoms with Gasteiger partial charge in [-0.15, -0.1) is 23.2 Å². The van der Waals surface area contributed by atoms with Gasteiger partial charge in [-0.2, -0.15) is 0 Å². The minimum atomic E-state index is -1.12. The number of benzene rings is 1. The third-order valence-corrected chi connectivity index (χ3v) is 6.27. The zero-order valence-corrected chi connectivity index (χ0v) is 15.9. The van der Waals surface area contributed by atoms with Crippen molar-refractivity contribution < 1.29 is 18.3 Å². The zero-order valence-electron chi connectivity index (χ0n) is 14.4. The number of amides is 1. The van der Waals surface area contributed by atoms with Crippen LogP contribution in [0, 0.1) is 17.0 Å². The topological polar surface area (TPSA) is 29.5 Å². The molecule has 1 aliphatic carbocycles. The van der Waals surface area contributed by atoms with Gasteiger partial charge in [-0.3, -0.25) is 0 Å². The normalized spacial score (nSPS) is 24.3. The number of rotatable bonds is 1. The van der Waals surface area contributed by atoms with E-state index >= 15 is 0 Å². The maximum atomic E-state index is 14.2. The van der Waals surface area contributed by atoms with E-state index in [1.54, 1.807) is 4.90 Å². The molecule has 1 aromatic rings. The fraction of sp³-hybridized carbons (Fsp3) is 0.611. The molecule has 1 saturated carbocycles. The van der Waals surface area contributed by atoms with Gasteiger partial charge < -0.3 is 9.64 Å². The lowest BCUT2D eigenvalue weighted by atomic mass is 9.88. The van der Waals surface area contributed by atoms with Crippen molar-refractivity contribution in [3.8, 4) is 0 Å². The number of likely N-dealkylation sites (tertiary alicyclic amines) is 1. The third kappa shape index (κ3) is 3.21. The minimum absolute atomic E-state index is 0.331. The van der Waals surface area contributed by atoms with Crippen LogP contribution in [0.4, 0.5) is 13.6 Å². The number of carbonyl (C=O) groups is 1. The van der Waals surface area contributed by atoms with Crippen molar-refractivity contribution in [3.63, 3.8) is 0 Å². The van der Waals surface area contributed by atoms with Gasteiger partial charge in [0.25, 0.3) is 0 Å². The molecule has 1 amide bonds. The van der Waals surface area contributed by atoms with Gasteiger partial charge in [-0.25, -0.2) is 13.6 Å². The molecule has 2 fully saturated rings. The number of alkyl halides is 2. The molecule has 138 valence electrons. The zero-order chi connectivity index (χ0) is 18.6. The van der Waals surface area contributed by atoms with E-state index in [0.29, 0.717) is 31.5 Å². The maximum Gasteiger partial charge on any atom is 0.410 e. The number of halogens is 4. The number of nitrogens with zero attached hydrogens (tertiary/aromatic N) is 1. The van der Waals surface area contributed by atoms with Gasteiger partial charge >= 0.3 is 6.09 Å². The van der Waals surface area contributed by atoms with E-state index in [2.05, 4.69) is 0 Å². The molecule has 7 heteroatoms. The molecule has 3 rings (SSSR count). The van der Waals surface area contributed by atoms with Crippen LogP contribution in [0.3, 0.4) is 0 Å². The van der Waals surface area contributed by atoms with Crippen LogP contribution in [0.15, 0.2) is 18.2 Å². The van der Waals surface area contributed by atoms with Crippen LogP contribution in [0.25, 0.3) is 0 Å². The minimum Gasteiger partial charge on any atom is -0.444 e. The Morgan fingerprint density at radius 2 is 1.84 bits per heavy atom. The molecule has 1 unspecified atom stereocenters. The second kappa shape index (κ2) is 5.98. The first-order valence-corrected chi connectivity index (χ1v) is 9.04. The van der Waals surface area contributed by atoms with Gasteiger partial charge in [0, 0.05) is 30.5 Å². The Bertz CT molecular complexity index is 695. The smallest absolute Gasteiger partial charge is 0.410 e. The van der Waals surface area contributed by atoms with E-state index in [0.717, 1.165) is 6.07 Å². The van der Waals surface area contributed by atoms with Crippen molar-refractivity contribution >= 4 is 29.3 Å². The summed E-state index contributed by atoms with van der Waals surface area (Å²) in [4.78, 5) is 13.8. The second-order valence-corrected chi connectivity index (χ2v) is 9.23. The lowest BCUT2D eigenvalue weighted by molar-refractivity contribution is 0.0168. The predicted molar refractivity (Wildman–Crippen MR) is 93.0 cm³/mol. The first-order chi connectivity index (χ1) is 11.5. The summed E-state index contributed by atoms with van der Waals surface area (Å²) in [6.07, 6.45) is 0.712. The molecule has 1 saturated heterocycles. The number of hydrogen-bond donors (Lipinski definition) is 0. The van der Waals surface area contributed by atoms with E-state index in [1.165, 1.54) is 12.1 Å². The van der Waals surface area contributed by atoms with Gasteiger partial charge in [-0.1, -0.05) is 6.07 Å². The lowest BCUT2D eigenvalue weighted by Gasteiger charge is -2.34. The molecule has 1 heterocycles. The number of carbonyl (C=O) groups excluding carboxylic acids is 1. The van der Waals surface area contributed by atoms with E-state index in [-0.39, 0.29) is 6.09 Å². The average molecular weight is 392 g/mol. The number of hydrogen-bond acceptors (Lipinski definition) is 2. The highest BCUT2D eigenvalue weighted by Gasteiger charge is 2.76. The van der Waals surface area contributed by atoms with E-state index in [4.69, 9.17) is 27.9 Å². The summed E-state index contributed by atoms with van der Waals surface area (Å²) >= 11 is 13.0.